The summed E-state index contributed by atoms with van der Waals surface area (Å²) in [6.07, 6.45) is 0.523. The maximum absolute atomic E-state index is 11.3. The average molecular weight is 198 g/mol. The van der Waals surface area contributed by atoms with Crippen LogP contribution in [0.25, 0.3) is 0 Å². The van der Waals surface area contributed by atoms with Gasteiger partial charge in [0.1, 0.15) is 0 Å². The molecule has 1 N–H and O–H groups in total. The van der Waals surface area contributed by atoms with Crippen molar-refractivity contribution in [1.29, 1.82) is 0 Å². The second kappa shape index (κ2) is 3.62. The molecular formula is C9H10O3S. The van der Waals surface area contributed by atoms with Crippen molar-refractivity contribution in [2.75, 3.05) is 0 Å². The molecule has 0 fully saturated rings. The van der Waals surface area contributed by atoms with Crippen LogP contribution in [-0.2, 0) is 9.84 Å². The van der Waals surface area contributed by atoms with Gasteiger partial charge in [0.2, 0.25) is 9.84 Å². The molecule has 70 valence electrons. The molecule has 0 bridgehead atoms. The minimum absolute atomic E-state index is 0.184. The summed E-state index contributed by atoms with van der Waals surface area (Å²) in [5, 5.41) is 9.12. The molecule has 4 heteroatoms. The van der Waals surface area contributed by atoms with Crippen LogP contribution in [0.2, 0.25) is 0 Å². The summed E-state index contributed by atoms with van der Waals surface area (Å²) >= 11 is 0. The molecule has 0 amide bonds. The Morgan fingerprint density at radius 1 is 1.23 bits per heavy atom. The molecule has 0 atom stereocenters. The van der Waals surface area contributed by atoms with Crippen LogP contribution in [-0.4, -0.2) is 13.5 Å². The maximum atomic E-state index is 11.3. The molecule has 0 saturated carbocycles. The van der Waals surface area contributed by atoms with Crippen molar-refractivity contribution >= 4 is 9.84 Å². The molecule has 0 unspecified atom stereocenters. The molecule has 13 heavy (non-hydrogen) atoms. The van der Waals surface area contributed by atoms with Crippen molar-refractivity contribution in [2.24, 2.45) is 0 Å². The lowest BCUT2D eigenvalue weighted by molar-refractivity contribution is 0.474. The molecule has 0 aliphatic heterocycles. The summed E-state index contributed by atoms with van der Waals surface area (Å²) in [6.45, 7) is 1.87. The van der Waals surface area contributed by atoms with E-state index < -0.39 is 9.84 Å². The fraction of sp³-hybridized carbons (Fsp3) is 0.111. The van der Waals surface area contributed by atoms with Gasteiger partial charge in [-0.25, -0.2) is 8.42 Å². The third-order valence-electron chi connectivity index (χ3n) is 1.59. The second-order valence-electron chi connectivity index (χ2n) is 2.64. The Labute approximate surface area is 77.3 Å². The Kier molecular flexibility index (Phi) is 2.72. The fourth-order valence-corrected chi connectivity index (χ4v) is 1.72. The molecular weight excluding hydrogens is 188 g/mol. The van der Waals surface area contributed by atoms with Gasteiger partial charge in [0, 0.05) is 0 Å². The van der Waals surface area contributed by atoms with Gasteiger partial charge >= 0.3 is 0 Å². The van der Waals surface area contributed by atoms with Crippen LogP contribution in [0.4, 0.5) is 0 Å². The Morgan fingerprint density at radius 2 is 1.77 bits per heavy atom. The van der Waals surface area contributed by atoms with Gasteiger partial charge in [-0.3, -0.25) is 0 Å². The minimum Gasteiger partial charge on any atom is -0.515 e. The molecule has 0 radical (unpaired) electrons. The minimum atomic E-state index is -3.46. The highest BCUT2D eigenvalue weighted by atomic mass is 32.2. The van der Waals surface area contributed by atoms with Gasteiger partial charge in [0.25, 0.3) is 0 Å². The lowest BCUT2D eigenvalue weighted by atomic mass is 10.2. The van der Waals surface area contributed by atoms with Crippen LogP contribution < -0.4 is 0 Å². The number of aryl methyl sites for hydroxylation is 1. The first-order valence-corrected chi connectivity index (χ1v) is 5.23. The first-order chi connectivity index (χ1) is 6.06. The van der Waals surface area contributed by atoms with E-state index in [0.717, 1.165) is 11.0 Å². The van der Waals surface area contributed by atoms with E-state index in [9.17, 15) is 8.42 Å². The van der Waals surface area contributed by atoms with Gasteiger partial charge in [0.05, 0.1) is 16.6 Å². The molecule has 0 saturated heterocycles. The van der Waals surface area contributed by atoms with Crippen molar-refractivity contribution in [2.45, 2.75) is 11.8 Å². The van der Waals surface area contributed by atoms with Gasteiger partial charge in [0.15, 0.2) is 0 Å². The SMILES string of the molecule is Cc1ccc(S(=O)(=O)/C=C/O)cc1. The number of benzene rings is 1. The number of hydrogen-bond acceptors (Lipinski definition) is 3. The number of sulfone groups is 1. The smallest absolute Gasteiger partial charge is 0.202 e. The molecule has 0 spiro atoms. The molecule has 0 heterocycles. The predicted molar refractivity (Wildman–Crippen MR) is 50.1 cm³/mol. The van der Waals surface area contributed by atoms with Gasteiger partial charge in [-0.15, -0.1) is 0 Å². The van der Waals surface area contributed by atoms with Gasteiger partial charge in [-0.1, -0.05) is 17.7 Å². The third-order valence-corrected chi connectivity index (χ3v) is 3.00. The van der Waals surface area contributed by atoms with Crippen LogP contribution in [0.3, 0.4) is 0 Å². The highest BCUT2D eigenvalue weighted by molar-refractivity contribution is 7.94. The topological polar surface area (TPSA) is 54.4 Å². The molecule has 0 aliphatic carbocycles. The quantitative estimate of drug-likeness (QED) is 0.737. The average Bonchev–Trinajstić information content (AvgIpc) is 2.05. The summed E-state index contributed by atoms with van der Waals surface area (Å²) < 4.78 is 22.6. The van der Waals surface area contributed by atoms with Crippen molar-refractivity contribution in [3.8, 4) is 0 Å². The standard InChI is InChI=1S/C9H10O3S/c1-8-2-4-9(5-3-8)13(11,12)7-6-10/h2-7,10H,1H3/b7-6+. The molecule has 3 nitrogen and oxygen atoms in total. The third kappa shape index (κ3) is 2.32. The second-order valence-corrected chi connectivity index (χ2v) is 4.48. The molecule has 0 aliphatic rings. The van der Waals surface area contributed by atoms with E-state index in [1.54, 1.807) is 12.1 Å². The number of rotatable bonds is 2. The van der Waals surface area contributed by atoms with Crippen molar-refractivity contribution in [3.05, 3.63) is 41.5 Å². The van der Waals surface area contributed by atoms with Crippen LogP contribution in [0, 0.1) is 6.92 Å². The molecule has 1 aromatic rings. The van der Waals surface area contributed by atoms with E-state index >= 15 is 0 Å². The van der Waals surface area contributed by atoms with Crippen LogP contribution in [0.5, 0.6) is 0 Å². The summed E-state index contributed by atoms with van der Waals surface area (Å²) in [4.78, 5) is 0.184. The van der Waals surface area contributed by atoms with E-state index in [-0.39, 0.29) is 4.90 Å². The van der Waals surface area contributed by atoms with E-state index in [1.165, 1.54) is 12.1 Å². The van der Waals surface area contributed by atoms with E-state index in [0.29, 0.717) is 6.26 Å². The fourth-order valence-electron chi connectivity index (χ4n) is 0.887. The monoisotopic (exact) mass is 198 g/mol. The van der Waals surface area contributed by atoms with Crippen molar-refractivity contribution in [1.82, 2.24) is 0 Å². The lowest BCUT2D eigenvalue weighted by Crippen LogP contribution is -1.95. The van der Waals surface area contributed by atoms with Crippen LogP contribution >= 0.6 is 0 Å². The summed E-state index contributed by atoms with van der Waals surface area (Å²) in [7, 11) is -3.46. The Balaban J connectivity index is 3.17. The predicted octanol–water partition coefficient (Wildman–Crippen LogP) is 1.80. The van der Waals surface area contributed by atoms with Crippen molar-refractivity contribution in [3.63, 3.8) is 0 Å². The Morgan fingerprint density at radius 3 is 2.23 bits per heavy atom. The van der Waals surface area contributed by atoms with Crippen LogP contribution in [0.15, 0.2) is 40.8 Å². The maximum Gasteiger partial charge on any atom is 0.202 e. The Bertz CT molecular complexity index is 401. The largest absolute Gasteiger partial charge is 0.515 e. The van der Waals surface area contributed by atoms with Gasteiger partial charge in [-0.05, 0) is 19.1 Å². The molecule has 1 rings (SSSR count). The van der Waals surface area contributed by atoms with Crippen molar-refractivity contribution < 1.29 is 13.5 Å². The summed E-state index contributed by atoms with van der Waals surface area (Å²) in [6, 6.07) is 6.42. The zero-order valence-electron chi connectivity index (χ0n) is 7.14. The van der Waals surface area contributed by atoms with E-state index in [1.807, 2.05) is 6.92 Å². The van der Waals surface area contributed by atoms with E-state index in [2.05, 4.69) is 0 Å². The summed E-state index contributed by atoms with van der Waals surface area (Å²) in [5.41, 5.74) is 0.993. The highest BCUT2D eigenvalue weighted by Gasteiger charge is 2.08. The van der Waals surface area contributed by atoms with E-state index in [4.69, 9.17) is 5.11 Å². The first kappa shape index (κ1) is 9.80. The summed E-state index contributed by atoms with van der Waals surface area (Å²) in [5.74, 6) is 0. The number of aliphatic hydroxyl groups excluding tert-OH is 1. The van der Waals surface area contributed by atoms with Gasteiger partial charge in [-0.2, -0.15) is 0 Å². The zero-order chi connectivity index (χ0) is 9.90. The highest BCUT2D eigenvalue weighted by Crippen LogP contribution is 2.12. The molecule has 0 aromatic heterocycles. The molecule has 1 aromatic carbocycles. The zero-order valence-corrected chi connectivity index (χ0v) is 7.95. The Hall–Kier alpha value is -1.29. The van der Waals surface area contributed by atoms with Gasteiger partial charge < -0.3 is 5.11 Å². The van der Waals surface area contributed by atoms with Crippen LogP contribution in [0.1, 0.15) is 5.56 Å². The number of hydrogen-bond donors (Lipinski definition) is 1. The first-order valence-electron chi connectivity index (χ1n) is 3.69. The lowest BCUT2D eigenvalue weighted by Gasteiger charge is -1.98. The number of aliphatic hydroxyl groups is 1. The normalized spacial score (nSPS) is 12.1.